The second-order valence-electron chi connectivity index (χ2n) is 5.13. The predicted octanol–water partition coefficient (Wildman–Crippen LogP) is -0.371. The molecule has 0 aromatic rings. The van der Waals surface area contributed by atoms with Crippen LogP contribution in [-0.4, -0.2) is 88.6 Å². The molecular weight excluding hydrogens is 230 g/mol. The van der Waals surface area contributed by atoms with Crippen molar-refractivity contribution in [3.05, 3.63) is 0 Å². The summed E-state index contributed by atoms with van der Waals surface area (Å²) in [6.07, 6.45) is 1.32. The molecule has 0 radical (unpaired) electrons. The van der Waals surface area contributed by atoms with Gasteiger partial charge in [0.1, 0.15) is 0 Å². The molecular formula is C13H27N3O2. The van der Waals surface area contributed by atoms with Gasteiger partial charge in [-0.1, -0.05) is 0 Å². The fraction of sp³-hybridized carbons (Fsp3) is 1.00. The lowest BCUT2D eigenvalue weighted by Gasteiger charge is -2.37. The van der Waals surface area contributed by atoms with E-state index in [1.54, 1.807) is 7.11 Å². The second-order valence-corrected chi connectivity index (χ2v) is 5.13. The van der Waals surface area contributed by atoms with Crippen LogP contribution in [0.2, 0.25) is 0 Å². The molecule has 0 aromatic heterocycles. The summed E-state index contributed by atoms with van der Waals surface area (Å²) in [6, 6.07) is 0.783. The molecule has 5 heteroatoms. The van der Waals surface area contributed by atoms with Crippen LogP contribution in [0, 0.1) is 0 Å². The van der Waals surface area contributed by atoms with Gasteiger partial charge < -0.3 is 14.8 Å². The first-order chi connectivity index (χ1) is 8.90. The van der Waals surface area contributed by atoms with E-state index >= 15 is 0 Å². The molecule has 2 aliphatic heterocycles. The molecule has 2 fully saturated rings. The highest BCUT2D eigenvalue weighted by molar-refractivity contribution is 4.84. The Kier molecular flexibility index (Phi) is 6.37. The molecule has 1 atom stereocenters. The molecule has 0 spiro atoms. The zero-order chi connectivity index (χ0) is 12.6. The van der Waals surface area contributed by atoms with Gasteiger partial charge in [-0.2, -0.15) is 0 Å². The van der Waals surface area contributed by atoms with E-state index in [2.05, 4.69) is 15.1 Å². The molecule has 5 nitrogen and oxygen atoms in total. The van der Waals surface area contributed by atoms with Gasteiger partial charge in [0.05, 0.1) is 19.8 Å². The van der Waals surface area contributed by atoms with E-state index in [4.69, 9.17) is 9.47 Å². The van der Waals surface area contributed by atoms with Gasteiger partial charge in [-0.15, -0.1) is 0 Å². The number of hydrogen-bond donors (Lipinski definition) is 1. The van der Waals surface area contributed by atoms with E-state index in [9.17, 15) is 0 Å². The summed E-state index contributed by atoms with van der Waals surface area (Å²) >= 11 is 0. The lowest BCUT2D eigenvalue weighted by Crippen LogP contribution is -2.51. The third kappa shape index (κ3) is 4.48. The molecule has 0 amide bonds. The number of piperazine rings is 1. The first-order valence-electron chi connectivity index (χ1n) is 7.14. The maximum Gasteiger partial charge on any atom is 0.0700 e. The lowest BCUT2D eigenvalue weighted by atomic mass is 10.2. The van der Waals surface area contributed by atoms with E-state index in [1.807, 2.05) is 0 Å². The highest BCUT2D eigenvalue weighted by atomic mass is 16.5. The third-order valence-corrected chi connectivity index (χ3v) is 3.94. The minimum atomic E-state index is 0.697. The minimum absolute atomic E-state index is 0.697. The van der Waals surface area contributed by atoms with Gasteiger partial charge >= 0.3 is 0 Å². The summed E-state index contributed by atoms with van der Waals surface area (Å²) in [4.78, 5) is 5.15. The lowest BCUT2D eigenvalue weighted by molar-refractivity contribution is 0.0412. The van der Waals surface area contributed by atoms with Gasteiger partial charge in [-0.3, -0.25) is 9.80 Å². The topological polar surface area (TPSA) is 37.0 Å². The van der Waals surface area contributed by atoms with Crippen molar-refractivity contribution >= 4 is 0 Å². The number of methoxy groups -OCH3 is 1. The summed E-state index contributed by atoms with van der Waals surface area (Å²) in [5.74, 6) is 0. The number of nitrogens with zero attached hydrogens (tertiary/aromatic N) is 2. The first-order valence-corrected chi connectivity index (χ1v) is 7.14. The van der Waals surface area contributed by atoms with Gasteiger partial charge in [0.2, 0.25) is 0 Å². The van der Waals surface area contributed by atoms with Crippen LogP contribution in [0.5, 0.6) is 0 Å². The van der Waals surface area contributed by atoms with E-state index in [0.717, 1.165) is 19.2 Å². The monoisotopic (exact) mass is 257 g/mol. The third-order valence-electron chi connectivity index (χ3n) is 3.94. The zero-order valence-corrected chi connectivity index (χ0v) is 11.6. The van der Waals surface area contributed by atoms with Gasteiger partial charge in [0.25, 0.3) is 0 Å². The highest BCUT2D eigenvalue weighted by Gasteiger charge is 2.25. The standard InChI is InChI=1S/C13H27N3O2/c1-17-10-11-18-9-8-15-4-6-16(7-5-15)13-2-3-14-12-13/h13-14H,2-12H2,1H3. The molecule has 1 N–H and O–H groups in total. The Hall–Kier alpha value is -0.200. The van der Waals surface area contributed by atoms with Crippen LogP contribution in [0.1, 0.15) is 6.42 Å². The zero-order valence-electron chi connectivity index (χ0n) is 11.6. The van der Waals surface area contributed by atoms with Crippen molar-refractivity contribution in [2.75, 3.05) is 72.7 Å². The van der Waals surface area contributed by atoms with Gasteiger partial charge in [0, 0.05) is 52.4 Å². The van der Waals surface area contributed by atoms with Crippen LogP contribution in [0.25, 0.3) is 0 Å². The highest BCUT2D eigenvalue weighted by Crippen LogP contribution is 2.11. The van der Waals surface area contributed by atoms with Crippen LogP contribution in [0.15, 0.2) is 0 Å². The summed E-state index contributed by atoms with van der Waals surface area (Å²) in [5.41, 5.74) is 0. The summed E-state index contributed by atoms with van der Waals surface area (Å²) in [6.45, 7) is 10.5. The van der Waals surface area contributed by atoms with Crippen molar-refractivity contribution in [2.45, 2.75) is 12.5 Å². The number of rotatable bonds is 7. The largest absolute Gasteiger partial charge is 0.382 e. The van der Waals surface area contributed by atoms with Gasteiger partial charge in [-0.05, 0) is 13.0 Å². The number of nitrogens with one attached hydrogen (secondary N) is 1. The van der Waals surface area contributed by atoms with E-state index in [-0.39, 0.29) is 0 Å². The molecule has 0 aromatic carbocycles. The molecule has 106 valence electrons. The SMILES string of the molecule is COCCOCCN1CCN(C2CCNC2)CC1. The molecule has 1 unspecified atom stereocenters. The van der Waals surface area contributed by atoms with Crippen LogP contribution < -0.4 is 5.32 Å². The first kappa shape index (κ1) is 14.2. The van der Waals surface area contributed by atoms with E-state index in [0.29, 0.717) is 13.2 Å². The normalized spacial score (nSPS) is 26.8. The fourth-order valence-corrected chi connectivity index (χ4v) is 2.74. The molecule has 2 saturated heterocycles. The quantitative estimate of drug-likeness (QED) is 0.630. The van der Waals surface area contributed by atoms with Crippen molar-refractivity contribution in [1.82, 2.24) is 15.1 Å². The minimum Gasteiger partial charge on any atom is -0.382 e. The van der Waals surface area contributed by atoms with Crippen LogP contribution in [0.4, 0.5) is 0 Å². The summed E-state index contributed by atoms with van der Waals surface area (Å²) < 4.78 is 10.5. The molecule has 0 bridgehead atoms. The Balaban J connectivity index is 1.53. The van der Waals surface area contributed by atoms with Crippen molar-refractivity contribution < 1.29 is 9.47 Å². The number of hydrogen-bond acceptors (Lipinski definition) is 5. The smallest absolute Gasteiger partial charge is 0.0700 e. The Labute approximate surface area is 110 Å². The van der Waals surface area contributed by atoms with Crippen molar-refractivity contribution in [3.8, 4) is 0 Å². The Morgan fingerprint density at radius 1 is 1.11 bits per heavy atom. The van der Waals surface area contributed by atoms with Crippen molar-refractivity contribution in [3.63, 3.8) is 0 Å². The molecule has 0 aliphatic carbocycles. The summed E-state index contributed by atoms with van der Waals surface area (Å²) in [7, 11) is 1.71. The number of ether oxygens (including phenoxy) is 2. The average molecular weight is 257 g/mol. The average Bonchev–Trinajstić information content (AvgIpc) is 2.93. The molecule has 0 saturated carbocycles. The maximum absolute atomic E-state index is 5.51. The predicted molar refractivity (Wildman–Crippen MR) is 72.0 cm³/mol. The molecule has 2 aliphatic rings. The Morgan fingerprint density at radius 3 is 2.61 bits per heavy atom. The second kappa shape index (κ2) is 8.07. The molecule has 2 rings (SSSR count). The maximum atomic E-state index is 5.51. The fourth-order valence-electron chi connectivity index (χ4n) is 2.74. The summed E-state index contributed by atoms with van der Waals surface area (Å²) in [5, 5.41) is 3.45. The van der Waals surface area contributed by atoms with Crippen LogP contribution in [-0.2, 0) is 9.47 Å². The van der Waals surface area contributed by atoms with E-state index < -0.39 is 0 Å². The molecule has 2 heterocycles. The van der Waals surface area contributed by atoms with Crippen molar-refractivity contribution in [1.29, 1.82) is 0 Å². The van der Waals surface area contributed by atoms with Crippen LogP contribution in [0.3, 0.4) is 0 Å². The van der Waals surface area contributed by atoms with E-state index in [1.165, 1.54) is 45.7 Å². The van der Waals surface area contributed by atoms with Crippen LogP contribution >= 0.6 is 0 Å². The van der Waals surface area contributed by atoms with Gasteiger partial charge in [-0.25, -0.2) is 0 Å². The Bertz CT molecular complexity index is 214. The Morgan fingerprint density at radius 2 is 1.94 bits per heavy atom. The van der Waals surface area contributed by atoms with Crippen molar-refractivity contribution in [2.24, 2.45) is 0 Å². The molecule has 18 heavy (non-hydrogen) atoms. The van der Waals surface area contributed by atoms with Gasteiger partial charge in [0.15, 0.2) is 0 Å².